The number of nitrogens with zero attached hydrogens (tertiary/aromatic N) is 1. The van der Waals surface area contributed by atoms with Gasteiger partial charge in [-0.05, 0) is 65.6 Å². The lowest BCUT2D eigenvalue weighted by molar-refractivity contribution is -0.112. The molecule has 0 spiro atoms. The van der Waals surface area contributed by atoms with Crippen LogP contribution in [0.5, 0.6) is 0 Å². The van der Waals surface area contributed by atoms with Gasteiger partial charge in [-0.2, -0.15) is 5.26 Å². The Labute approximate surface area is 187 Å². The normalized spacial score (nSPS) is 11.0. The molecule has 3 aromatic carbocycles. The Kier molecular flexibility index (Phi) is 7.11. The van der Waals surface area contributed by atoms with Gasteiger partial charge in [-0.3, -0.25) is 4.79 Å². The minimum absolute atomic E-state index is 0.0272. The molecular formula is C23H15BrCl2N2O. The average Bonchev–Trinajstić information content (AvgIpc) is 2.69. The lowest BCUT2D eigenvalue weighted by Crippen LogP contribution is -2.13. The molecule has 3 nitrogen and oxygen atoms in total. The Morgan fingerprint density at radius 3 is 2.48 bits per heavy atom. The van der Waals surface area contributed by atoms with Gasteiger partial charge in [-0.25, -0.2) is 0 Å². The van der Waals surface area contributed by atoms with E-state index in [9.17, 15) is 10.1 Å². The Hall–Kier alpha value is -2.58. The average molecular weight is 486 g/mol. The van der Waals surface area contributed by atoms with E-state index >= 15 is 0 Å². The van der Waals surface area contributed by atoms with E-state index in [1.807, 2.05) is 36.4 Å². The Balaban J connectivity index is 1.92. The third-order valence-electron chi connectivity index (χ3n) is 4.19. The molecule has 144 valence electrons. The molecule has 3 aromatic rings. The molecule has 0 radical (unpaired) electrons. The van der Waals surface area contributed by atoms with Crippen molar-refractivity contribution in [2.75, 3.05) is 5.32 Å². The molecule has 0 aromatic heterocycles. The minimum Gasteiger partial charge on any atom is -0.321 e. The van der Waals surface area contributed by atoms with Crippen LogP contribution in [0.15, 0.2) is 76.8 Å². The molecule has 0 fully saturated rings. The summed E-state index contributed by atoms with van der Waals surface area (Å²) in [6.45, 7) is 0. The second kappa shape index (κ2) is 9.76. The van der Waals surface area contributed by atoms with Crippen molar-refractivity contribution in [2.45, 2.75) is 6.42 Å². The SMILES string of the molecule is N#C/C(=C\c1cc(Cl)ccc1Cc1ccccc1Br)C(=O)Nc1cccc(Cl)c1. The van der Waals surface area contributed by atoms with Gasteiger partial charge in [0.15, 0.2) is 0 Å². The van der Waals surface area contributed by atoms with E-state index in [0.717, 1.165) is 15.6 Å². The number of halogens is 3. The zero-order valence-electron chi connectivity index (χ0n) is 15.1. The van der Waals surface area contributed by atoms with Gasteiger partial charge in [0.2, 0.25) is 0 Å². The Morgan fingerprint density at radius 2 is 1.76 bits per heavy atom. The van der Waals surface area contributed by atoms with Crippen LogP contribution in [0.25, 0.3) is 6.08 Å². The van der Waals surface area contributed by atoms with E-state index in [4.69, 9.17) is 23.2 Å². The van der Waals surface area contributed by atoms with Gasteiger partial charge in [-0.1, -0.05) is 69.5 Å². The highest BCUT2D eigenvalue weighted by molar-refractivity contribution is 9.10. The predicted octanol–water partition coefficient (Wildman–Crippen LogP) is 6.89. The number of nitriles is 1. The predicted molar refractivity (Wildman–Crippen MR) is 122 cm³/mol. The third kappa shape index (κ3) is 5.71. The molecule has 3 rings (SSSR count). The van der Waals surface area contributed by atoms with Crippen molar-refractivity contribution < 1.29 is 4.79 Å². The summed E-state index contributed by atoms with van der Waals surface area (Å²) in [5, 5.41) is 13.3. The lowest BCUT2D eigenvalue weighted by atomic mass is 9.98. The van der Waals surface area contributed by atoms with Crippen molar-refractivity contribution >= 4 is 56.8 Å². The molecule has 0 aliphatic heterocycles. The van der Waals surface area contributed by atoms with Gasteiger partial charge < -0.3 is 5.32 Å². The standard InChI is InChI=1S/C23H15BrCl2N2O/c24-22-7-2-1-4-16(22)10-15-8-9-20(26)12-17(15)11-18(14-27)23(29)28-21-6-3-5-19(25)13-21/h1-9,11-13H,10H2,(H,28,29)/b18-11+. The first-order valence-corrected chi connectivity index (χ1v) is 10.2. The summed E-state index contributed by atoms with van der Waals surface area (Å²) in [6.07, 6.45) is 2.18. The number of rotatable bonds is 5. The van der Waals surface area contributed by atoms with Gasteiger partial charge in [0.1, 0.15) is 11.6 Å². The number of carbonyl (C=O) groups is 1. The second-order valence-electron chi connectivity index (χ2n) is 6.25. The van der Waals surface area contributed by atoms with Crippen LogP contribution in [0.4, 0.5) is 5.69 Å². The van der Waals surface area contributed by atoms with E-state index in [-0.39, 0.29) is 5.57 Å². The Bertz CT molecular complexity index is 1140. The van der Waals surface area contributed by atoms with Crippen molar-refractivity contribution in [1.29, 1.82) is 5.26 Å². The Morgan fingerprint density at radius 1 is 1.00 bits per heavy atom. The van der Waals surface area contributed by atoms with Gasteiger partial charge in [0, 0.05) is 20.2 Å². The first-order chi connectivity index (χ1) is 14.0. The van der Waals surface area contributed by atoms with Crippen molar-refractivity contribution in [3.8, 4) is 6.07 Å². The fourth-order valence-corrected chi connectivity index (χ4v) is 3.57. The molecule has 0 unspecified atom stereocenters. The highest BCUT2D eigenvalue weighted by Crippen LogP contribution is 2.25. The monoisotopic (exact) mass is 484 g/mol. The molecule has 0 bridgehead atoms. The van der Waals surface area contributed by atoms with Crippen molar-refractivity contribution in [3.63, 3.8) is 0 Å². The summed E-state index contributed by atoms with van der Waals surface area (Å²) in [5.41, 5.74) is 3.24. The number of hydrogen-bond donors (Lipinski definition) is 1. The van der Waals surface area contributed by atoms with Crippen LogP contribution < -0.4 is 5.32 Å². The van der Waals surface area contributed by atoms with Crippen LogP contribution in [0.1, 0.15) is 16.7 Å². The highest BCUT2D eigenvalue weighted by atomic mass is 79.9. The number of benzene rings is 3. The smallest absolute Gasteiger partial charge is 0.266 e. The van der Waals surface area contributed by atoms with E-state index in [1.165, 1.54) is 0 Å². The summed E-state index contributed by atoms with van der Waals surface area (Å²) in [7, 11) is 0. The molecule has 0 saturated carbocycles. The summed E-state index contributed by atoms with van der Waals surface area (Å²) >= 11 is 15.7. The van der Waals surface area contributed by atoms with Crippen LogP contribution in [0.3, 0.4) is 0 Å². The molecular weight excluding hydrogens is 471 g/mol. The van der Waals surface area contributed by atoms with Crippen LogP contribution >= 0.6 is 39.1 Å². The number of hydrogen-bond acceptors (Lipinski definition) is 2. The van der Waals surface area contributed by atoms with Crippen molar-refractivity contribution in [1.82, 2.24) is 0 Å². The molecule has 6 heteroatoms. The van der Waals surface area contributed by atoms with E-state index in [1.54, 1.807) is 42.5 Å². The first-order valence-electron chi connectivity index (χ1n) is 8.67. The molecule has 0 heterocycles. The number of carbonyl (C=O) groups excluding carboxylic acids is 1. The lowest BCUT2D eigenvalue weighted by Gasteiger charge is -2.10. The summed E-state index contributed by atoms with van der Waals surface area (Å²) < 4.78 is 0.990. The molecule has 1 amide bonds. The summed E-state index contributed by atoms with van der Waals surface area (Å²) in [5.74, 6) is -0.512. The largest absolute Gasteiger partial charge is 0.321 e. The third-order valence-corrected chi connectivity index (χ3v) is 5.44. The zero-order chi connectivity index (χ0) is 20.8. The maximum Gasteiger partial charge on any atom is 0.266 e. The molecule has 0 atom stereocenters. The second-order valence-corrected chi connectivity index (χ2v) is 7.97. The molecule has 0 aliphatic rings. The van der Waals surface area contributed by atoms with Crippen molar-refractivity contribution in [3.05, 3.63) is 104 Å². The number of nitrogens with one attached hydrogen (secondary N) is 1. The highest BCUT2D eigenvalue weighted by Gasteiger charge is 2.12. The molecule has 0 saturated heterocycles. The fraction of sp³-hybridized carbons (Fsp3) is 0.0435. The van der Waals surface area contributed by atoms with Crippen molar-refractivity contribution in [2.24, 2.45) is 0 Å². The first kappa shape index (κ1) is 21.1. The maximum absolute atomic E-state index is 12.6. The van der Waals surface area contributed by atoms with Crippen LogP contribution in [0, 0.1) is 11.3 Å². The molecule has 0 aliphatic carbocycles. The zero-order valence-corrected chi connectivity index (χ0v) is 18.2. The molecule has 29 heavy (non-hydrogen) atoms. The maximum atomic E-state index is 12.6. The quantitative estimate of drug-likeness (QED) is 0.316. The number of amides is 1. The van der Waals surface area contributed by atoms with Gasteiger partial charge >= 0.3 is 0 Å². The van der Waals surface area contributed by atoms with Gasteiger partial charge in [-0.15, -0.1) is 0 Å². The molecule has 1 N–H and O–H groups in total. The summed E-state index contributed by atoms with van der Waals surface area (Å²) in [6, 6.07) is 22.1. The summed E-state index contributed by atoms with van der Waals surface area (Å²) in [4.78, 5) is 12.6. The van der Waals surface area contributed by atoms with E-state index < -0.39 is 5.91 Å². The fourth-order valence-electron chi connectivity index (χ4n) is 2.78. The van der Waals surface area contributed by atoms with Gasteiger partial charge in [0.25, 0.3) is 5.91 Å². The van der Waals surface area contributed by atoms with Gasteiger partial charge in [0.05, 0.1) is 0 Å². The topological polar surface area (TPSA) is 52.9 Å². The van der Waals surface area contributed by atoms with Crippen LogP contribution in [-0.2, 0) is 11.2 Å². The van der Waals surface area contributed by atoms with E-state index in [0.29, 0.717) is 27.7 Å². The van der Waals surface area contributed by atoms with Crippen LogP contribution in [-0.4, -0.2) is 5.91 Å². The minimum atomic E-state index is -0.512. The van der Waals surface area contributed by atoms with E-state index in [2.05, 4.69) is 21.2 Å². The van der Waals surface area contributed by atoms with Crippen LogP contribution in [0.2, 0.25) is 10.0 Å². The number of anilines is 1.